The van der Waals surface area contributed by atoms with Crippen LogP contribution in [0.1, 0.15) is 29.0 Å². The molecule has 0 saturated heterocycles. The van der Waals surface area contributed by atoms with E-state index >= 15 is 0 Å². The summed E-state index contributed by atoms with van der Waals surface area (Å²) in [6.45, 7) is 4.84. The lowest BCUT2D eigenvalue weighted by Gasteiger charge is -2.33. The number of carbonyl (C=O) groups excluding carboxylic acids is 2. The van der Waals surface area contributed by atoms with Gasteiger partial charge in [0.05, 0.1) is 17.5 Å². The van der Waals surface area contributed by atoms with Gasteiger partial charge in [0.1, 0.15) is 0 Å². The summed E-state index contributed by atoms with van der Waals surface area (Å²) < 4.78 is 0. The number of thiophene rings is 1. The number of nitrogens with one attached hydrogen (secondary N) is 1. The Bertz CT molecular complexity index is 772. The first-order chi connectivity index (χ1) is 12.0. The number of benzene rings is 1. The molecule has 0 unspecified atom stereocenters. The van der Waals surface area contributed by atoms with E-state index in [2.05, 4.69) is 23.7 Å². The van der Waals surface area contributed by atoms with Gasteiger partial charge in [-0.1, -0.05) is 12.1 Å². The minimum Gasteiger partial charge on any atom is -0.335 e. The Morgan fingerprint density at radius 2 is 2.16 bits per heavy atom. The van der Waals surface area contributed by atoms with Crippen molar-refractivity contribution in [3.63, 3.8) is 0 Å². The second kappa shape index (κ2) is 8.06. The Balaban J connectivity index is 1.46. The second-order valence-corrected chi connectivity index (χ2v) is 8.21. The summed E-state index contributed by atoms with van der Waals surface area (Å²) in [7, 11) is 0. The number of rotatable bonds is 5. The molecule has 2 aromatic rings. The fraction of sp³-hybridized carbons (Fsp3) is 0.368. The van der Waals surface area contributed by atoms with Crippen molar-refractivity contribution in [2.45, 2.75) is 26.3 Å². The highest BCUT2D eigenvalue weighted by Gasteiger charge is 2.28. The number of carbonyl (C=O) groups is 2. The van der Waals surface area contributed by atoms with Crippen LogP contribution in [0.2, 0.25) is 0 Å². The highest BCUT2D eigenvalue weighted by molar-refractivity contribution is 8.00. The van der Waals surface area contributed by atoms with Gasteiger partial charge in [0.2, 0.25) is 11.8 Å². The van der Waals surface area contributed by atoms with Crippen molar-refractivity contribution in [2.75, 3.05) is 23.4 Å². The van der Waals surface area contributed by atoms with Gasteiger partial charge in [0.15, 0.2) is 0 Å². The van der Waals surface area contributed by atoms with Crippen LogP contribution in [0.25, 0.3) is 0 Å². The molecule has 2 amide bonds. The van der Waals surface area contributed by atoms with Crippen LogP contribution in [0.4, 0.5) is 5.69 Å². The van der Waals surface area contributed by atoms with Crippen molar-refractivity contribution in [3.05, 3.63) is 51.7 Å². The van der Waals surface area contributed by atoms with E-state index in [0.717, 1.165) is 24.2 Å². The largest absolute Gasteiger partial charge is 0.335 e. The van der Waals surface area contributed by atoms with Crippen LogP contribution in [0.3, 0.4) is 0 Å². The van der Waals surface area contributed by atoms with Crippen molar-refractivity contribution in [3.8, 4) is 0 Å². The van der Waals surface area contributed by atoms with Gasteiger partial charge in [-0.3, -0.25) is 9.59 Å². The Morgan fingerprint density at radius 3 is 2.96 bits per heavy atom. The summed E-state index contributed by atoms with van der Waals surface area (Å²) in [4.78, 5) is 27.8. The van der Waals surface area contributed by atoms with Gasteiger partial charge in [-0.15, -0.1) is 23.1 Å². The topological polar surface area (TPSA) is 49.4 Å². The summed E-state index contributed by atoms with van der Waals surface area (Å²) in [5.41, 5.74) is 3.17. The third-order valence-electron chi connectivity index (χ3n) is 4.36. The number of fused-ring (bicyclic) bond motifs is 1. The van der Waals surface area contributed by atoms with Crippen LogP contribution in [0.15, 0.2) is 35.7 Å². The molecule has 1 aromatic heterocycles. The Kier molecular flexibility index (Phi) is 5.81. The van der Waals surface area contributed by atoms with Crippen molar-refractivity contribution >= 4 is 40.6 Å². The maximum atomic E-state index is 12.5. The zero-order valence-electron chi connectivity index (χ0n) is 14.5. The molecule has 0 saturated carbocycles. The van der Waals surface area contributed by atoms with Gasteiger partial charge in [-0.2, -0.15) is 0 Å². The van der Waals surface area contributed by atoms with Gasteiger partial charge in [0, 0.05) is 17.1 Å². The zero-order valence-corrected chi connectivity index (χ0v) is 16.1. The second-order valence-electron chi connectivity index (χ2n) is 6.22. The van der Waals surface area contributed by atoms with Crippen LogP contribution in [0, 0.1) is 6.92 Å². The molecule has 1 aliphatic rings. The maximum Gasteiger partial charge on any atom is 0.234 e. The van der Waals surface area contributed by atoms with Crippen LogP contribution in [-0.2, 0) is 16.0 Å². The number of hydrogen-bond acceptors (Lipinski definition) is 4. The van der Waals surface area contributed by atoms with Crippen molar-refractivity contribution in [1.82, 2.24) is 4.90 Å². The third kappa shape index (κ3) is 4.44. The minimum atomic E-state index is -0.0739. The summed E-state index contributed by atoms with van der Waals surface area (Å²) in [5.74, 6) is 0.657. The van der Waals surface area contributed by atoms with Crippen molar-refractivity contribution < 1.29 is 9.59 Å². The molecule has 6 heteroatoms. The molecular weight excluding hydrogens is 352 g/mol. The molecule has 1 aliphatic heterocycles. The predicted octanol–water partition coefficient (Wildman–Crippen LogP) is 3.87. The Hall–Kier alpha value is -1.79. The Labute approximate surface area is 156 Å². The van der Waals surface area contributed by atoms with Crippen molar-refractivity contribution in [2.24, 2.45) is 0 Å². The van der Waals surface area contributed by atoms with Gasteiger partial charge in [-0.05, 0) is 55.0 Å². The monoisotopic (exact) mass is 374 g/mol. The van der Waals surface area contributed by atoms with Gasteiger partial charge in [-0.25, -0.2) is 0 Å². The molecule has 132 valence electrons. The predicted molar refractivity (Wildman–Crippen MR) is 105 cm³/mol. The van der Waals surface area contributed by atoms with E-state index < -0.39 is 0 Å². The molecule has 4 nitrogen and oxygen atoms in total. The van der Waals surface area contributed by atoms with Gasteiger partial charge in [0.25, 0.3) is 0 Å². The fourth-order valence-electron chi connectivity index (χ4n) is 3.08. The lowest BCUT2D eigenvalue weighted by Crippen LogP contribution is -2.39. The number of nitrogens with zero attached hydrogens (tertiary/aromatic N) is 1. The maximum absolute atomic E-state index is 12.5. The number of amides is 2. The number of thioether (sulfide) groups is 1. The first-order valence-electron chi connectivity index (χ1n) is 8.34. The lowest BCUT2D eigenvalue weighted by molar-refractivity contribution is -0.130. The average Bonchev–Trinajstić information content (AvgIpc) is 3.04. The van der Waals surface area contributed by atoms with E-state index in [1.807, 2.05) is 36.1 Å². The highest BCUT2D eigenvalue weighted by Crippen LogP contribution is 2.33. The average molecular weight is 375 g/mol. The Morgan fingerprint density at radius 1 is 1.32 bits per heavy atom. The van der Waals surface area contributed by atoms with E-state index in [-0.39, 0.29) is 23.6 Å². The highest BCUT2D eigenvalue weighted by atomic mass is 32.2. The standard InChI is InChI=1S/C19H22N2O2S2/c1-13-4-3-5-15(10-13)20-18(22)11-24-12-19(23)21-8-6-17-16(14(21)2)7-9-25-17/h3-5,7,9-10,14H,6,8,11-12H2,1-2H3,(H,20,22)/t14-/m0/s1. The smallest absolute Gasteiger partial charge is 0.234 e. The van der Waals surface area contributed by atoms with Crippen LogP contribution >= 0.6 is 23.1 Å². The van der Waals surface area contributed by atoms with Crippen molar-refractivity contribution in [1.29, 1.82) is 0 Å². The summed E-state index contributed by atoms with van der Waals surface area (Å²) in [6.07, 6.45) is 0.932. The lowest BCUT2D eigenvalue weighted by atomic mass is 10.0. The molecule has 0 bridgehead atoms. The molecule has 0 aliphatic carbocycles. The van der Waals surface area contributed by atoms with Gasteiger partial charge < -0.3 is 10.2 Å². The molecule has 3 rings (SSSR count). The van der Waals surface area contributed by atoms with E-state index in [1.54, 1.807) is 11.3 Å². The van der Waals surface area contributed by atoms with E-state index in [4.69, 9.17) is 0 Å². The molecule has 1 atom stereocenters. The van der Waals surface area contributed by atoms with Crippen LogP contribution in [0.5, 0.6) is 0 Å². The molecule has 25 heavy (non-hydrogen) atoms. The van der Waals surface area contributed by atoms with Crippen LogP contribution in [-0.4, -0.2) is 34.8 Å². The summed E-state index contributed by atoms with van der Waals surface area (Å²) >= 11 is 3.14. The van der Waals surface area contributed by atoms with Crippen LogP contribution < -0.4 is 5.32 Å². The minimum absolute atomic E-state index is 0.0739. The first kappa shape index (κ1) is 18.0. The fourth-order valence-corrected chi connectivity index (χ4v) is 4.75. The SMILES string of the molecule is Cc1cccc(NC(=O)CSCC(=O)N2CCc3sccc3[C@@H]2C)c1. The number of anilines is 1. The summed E-state index contributed by atoms with van der Waals surface area (Å²) in [6, 6.07) is 9.95. The third-order valence-corrected chi connectivity index (χ3v) is 6.27. The first-order valence-corrected chi connectivity index (χ1v) is 10.4. The van der Waals surface area contributed by atoms with E-state index in [0.29, 0.717) is 5.75 Å². The number of aryl methyl sites for hydroxylation is 1. The summed E-state index contributed by atoms with van der Waals surface area (Å²) in [5, 5.41) is 4.97. The number of hydrogen-bond donors (Lipinski definition) is 1. The zero-order chi connectivity index (χ0) is 17.8. The normalized spacial score (nSPS) is 16.4. The molecule has 1 aromatic carbocycles. The van der Waals surface area contributed by atoms with E-state index in [9.17, 15) is 9.59 Å². The molecule has 2 heterocycles. The molecule has 0 spiro atoms. The van der Waals surface area contributed by atoms with E-state index in [1.165, 1.54) is 22.2 Å². The van der Waals surface area contributed by atoms with Gasteiger partial charge >= 0.3 is 0 Å². The molecule has 0 radical (unpaired) electrons. The molecule has 0 fully saturated rings. The quantitative estimate of drug-likeness (QED) is 0.864. The molecular formula is C19H22N2O2S2. The molecule has 1 N–H and O–H groups in total.